The lowest BCUT2D eigenvalue weighted by molar-refractivity contribution is 0.0819. The van der Waals surface area contributed by atoms with E-state index in [9.17, 15) is 0 Å². The van der Waals surface area contributed by atoms with Gasteiger partial charge in [0, 0.05) is 18.5 Å². The van der Waals surface area contributed by atoms with Gasteiger partial charge in [-0.3, -0.25) is 4.98 Å². The Hall–Kier alpha value is -1.61. The van der Waals surface area contributed by atoms with Gasteiger partial charge in [0.25, 0.3) is 0 Å². The van der Waals surface area contributed by atoms with Crippen LogP contribution in [0.5, 0.6) is 5.75 Å². The first-order chi connectivity index (χ1) is 7.27. The summed E-state index contributed by atoms with van der Waals surface area (Å²) in [6.07, 6.45) is 1.78. The van der Waals surface area contributed by atoms with E-state index in [1.165, 1.54) is 0 Å². The summed E-state index contributed by atoms with van der Waals surface area (Å²) in [5.74, 6) is 0.407. The number of ether oxygens (including phenoxy) is 2. The van der Waals surface area contributed by atoms with Gasteiger partial charge in [-0.25, -0.2) is 0 Å². The monoisotopic (exact) mass is 201 g/mol. The standard InChI is InChI=1S/C12H11NO2/c1-12(8-14-12)15-11-6-2-5-10-9(11)4-3-7-13-10/h2-7H,8H2,1H3. The van der Waals surface area contributed by atoms with Crippen molar-refractivity contribution in [3.63, 3.8) is 0 Å². The lowest BCUT2D eigenvalue weighted by atomic mass is 10.2. The van der Waals surface area contributed by atoms with E-state index in [0.29, 0.717) is 6.61 Å². The Labute approximate surface area is 87.6 Å². The third-order valence-electron chi connectivity index (χ3n) is 2.48. The van der Waals surface area contributed by atoms with Crippen molar-refractivity contribution in [3.05, 3.63) is 36.5 Å². The molecule has 3 nitrogen and oxygen atoms in total. The lowest BCUT2D eigenvalue weighted by Crippen LogP contribution is -2.14. The highest BCUT2D eigenvalue weighted by molar-refractivity contribution is 5.84. The van der Waals surface area contributed by atoms with E-state index in [1.54, 1.807) is 6.20 Å². The molecule has 3 heteroatoms. The molecular formula is C12H11NO2. The summed E-state index contributed by atoms with van der Waals surface area (Å²) in [6, 6.07) is 9.76. The summed E-state index contributed by atoms with van der Waals surface area (Å²) in [5.41, 5.74) is 0.944. The van der Waals surface area contributed by atoms with Crippen molar-refractivity contribution in [2.24, 2.45) is 0 Å². The zero-order chi connectivity index (χ0) is 10.3. The smallest absolute Gasteiger partial charge is 0.231 e. The van der Waals surface area contributed by atoms with Gasteiger partial charge in [-0.1, -0.05) is 6.07 Å². The second-order valence-corrected chi connectivity index (χ2v) is 3.85. The van der Waals surface area contributed by atoms with Crippen LogP contribution in [-0.4, -0.2) is 17.4 Å². The Bertz CT molecular complexity index is 500. The highest BCUT2D eigenvalue weighted by Crippen LogP contribution is 2.33. The van der Waals surface area contributed by atoms with Crippen LogP contribution >= 0.6 is 0 Å². The lowest BCUT2D eigenvalue weighted by Gasteiger charge is -2.11. The van der Waals surface area contributed by atoms with Crippen LogP contribution in [0.4, 0.5) is 0 Å². The Morgan fingerprint density at radius 3 is 3.00 bits per heavy atom. The fourth-order valence-corrected chi connectivity index (χ4v) is 1.56. The maximum atomic E-state index is 5.76. The molecule has 2 aromatic rings. The summed E-state index contributed by atoms with van der Waals surface area (Å²) in [5, 5.41) is 1.02. The fraction of sp³-hybridized carbons (Fsp3) is 0.250. The minimum Gasteiger partial charge on any atom is -0.459 e. The molecule has 1 saturated heterocycles. The number of hydrogen-bond donors (Lipinski definition) is 0. The predicted molar refractivity (Wildman–Crippen MR) is 56.7 cm³/mol. The SMILES string of the molecule is CC1(Oc2cccc3ncccc23)CO1. The molecule has 1 aliphatic rings. The number of epoxide rings is 1. The molecule has 1 aliphatic heterocycles. The van der Waals surface area contributed by atoms with Gasteiger partial charge in [0.05, 0.1) is 5.52 Å². The second-order valence-electron chi connectivity index (χ2n) is 3.85. The van der Waals surface area contributed by atoms with Crippen molar-refractivity contribution in [2.45, 2.75) is 12.7 Å². The van der Waals surface area contributed by atoms with Gasteiger partial charge in [0.15, 0.2) is 0 Å². The molecule has 0 spiro atoms. The van der Waals surface area contributed by atoms with E-state index >= 15 is 0 Å². The van der Waals surface area contributed by atoms with Crippen molar-refractivity contribution in [1.82, 2.24) is 4.98 Å². The molecule has 0 aliphatic carbocycles. The van der Waals surface area contributed by atoms with E-state index in [4.69, 9.17) is 9.47 Å². The zero-order valence-corrected chi connectivity index (χ0v) is 8.43. The summed E-state index contributed by atoms with van der Waals surface area (Å²) in [4.78, 5) is 4.27. The van der Waals surface area contributed by atoms with Gasteiger partial charge in [0.2, 0.25) is 5.79 Å². The molecule has 0 saturated carbocycles. The Morgan fingerprint density at radius 1 is 1.33 bits per heavy atom. The third-order valence-corrected chi connectivity index (χ3v) is 2.48. The molecule has 76 valence electrons. The molecule has 0 radical (unpaired) electrons. The van der Waals surface area contributed by atoms with E-state index < -0.39 is 5.79 Å². The molecule has 1 fully saturated rings. The molecule has 1 unspecified atom stereocenters. The molecule has 15 heavy (non-hydrogen) atoms. The van der Waals surface area contributed by atoms with Crippen molar-refractivity contribution >= 4 is 10.9 Å². The van der Waals surface area contributed by atoms with Crippen molar-refractivity contribution in [3.8, 4) is 5.75 Å². The minimum absolute atomic E-state index is 0.426. The minimum atomic E-state index is -0.426. The Kier molecular flexibility index (Phi) is 1.70. The predicted octanol–water partition coefficient (Wildman–Crippen LogP) is 2.36. The molecule has 0 N–H and O–H groups in total. The summed E-state index contributed by atoms with van der Waals surface area (Å²) >= 11 is 0. The molecule has 1 aromatic carbocycles. The quantitative estimate of drug-likeness (QED) is 0.699. The number of fused-ring (bicyclic) bond motifs is 1. The van der Waals surface area contributed by atoms with Crippen molar-refractivity contribution in [2.75, 3.05) is 6.61 Å². The molecule has 2 heterocycles. The van der Waals surface area contributed by atoms with Gasteiger partial charge in [-0.2, -0.15) is 0 Å². The Morgan fingerprint density at radius 2 is 2.20 bits per heavy atom. The molecule has 1 aromatic heterocycles. The van der Waals surface area contributed by atoms with Gasteiger partial charge >= 0.3 is 0 Å². The number of nitrogens with zero attached hydrogens (tertiary/aromatic N) is 1. The van der Waals surface area contributed by atoms with Crippen LogP contribution in [0.25, 0.3) is 10.9 Å². The molecular weight excluding hydrogens is 190 g/mol. The van der Waals surface area contributed by atoms with E-state index in [0.717, 1.165) is 16.7 Å². The van der Waals surface area contributed by atoms with E-state index in [1.807, 2.05) is 37.3 Å². The van der Waals surface area contributed by atoms with Crippen molar-refractivity contribution < 1.29 is 9.47 Å². The highest BCUT2D eigenvalue weighted by atomic mass is 16.8. The maximum absolute atomic E-state index is 5.76. The number of benzene rings is 1. The largest absolute Gasteiger partial charge is 0.459 e. The fourth-order valence-electron chi connectivity index (χ4n) is 1.56. The normalized spacial score (nSPS) is 24.1. The molecule has 3 rings (SSSR count). The first kappa shape index (κ1) is 8.68. The van der Waals surface area contributed by atoms with Crippen LogP contribution in [0, 0.1) is 0 Å². The average molecular weight is 201 g/mol. The topological polar surface area (TPSA) is 34.6 Å². The van der Waals surface area contributed by atoms with E-state index in [-0.39, 0.29) is 0 Å². The van der Waals surface area contributed by atoms with Crippen LogP contribution in [0.3, 0.4) is 0 Å². The number of rotatable bonds is 2. The first-order valence-electron chi connectivity index (χ1n) is 4.94. The third kappa shape index (κ3) is 1.55. The average Bonchev–Trinajstić information content (AvgIpc) is 2.97. The van der Waals surface area contributed by atoms with Gasteiger partial charge in [-0.15, -0.1) is 0 Å². The van der Waals surface area contributed by atoms with Gasteiger partial charge in [0.1, 0.15) is 12.4 Å². The molecule has 0 amide bonds. The van der Waals surface area contributed by atoms with Gasteiger partial charge in [-0.05, 0) is 24.3 Å². The van der Waals surface area contributed by atoms with Crippen molar-refractivity contribution in [1.29, 1.82) is 0 Å². The maximum Gasteiger partial charge on any atom is 0.231 e. The second kappa shape index (κ2) is 2.94. The van der Waals surface area contributed by atoms with Crippen LogP contribution in [-0.2, 0) is 4.74 Å². The van der Waals surface area contributed by atoms with Crippen LogP contribution < -0.4 is 4.74 Å². The van der Waals surface area contributed by atoms with Gasteiger partial charge < -0.3 is 9.47 Å². The number of aromatic nitrogens is 1. The van der Waals surface area contributed by atoms with E-state index in [2.05, 4.69) is 4.98 Å². The van der Waals surface area contributed by atoms with Crippen LogP contribution in [0.1, 0.15) is 6.92 Å². The highest BCUT2D eigenvalue weighted by Gasteiger charge is 2.42. The first-order valence-corrected chi connectivity index (χ1v) is 4.94. The molecule has 1 atom stereocenters. The zero-order valence-electron chi connectivity index (χ0n) is 8.43. The summed E-state index contributed by atoms with van der Waals surface area (Å²) in [7, 11) is 0. The van der Waals surface area contributed by atoms with Crippen LogP contribution in [0.15, 0.2) is 36.5 Å². The van der Waals surface area contributed by atoms with Crippen LogP contribution in [0.2, 0.25) is 0 Å². The number of hydrogen-bond acceptors (Lipinski definition) is 3. The molecule has 0 bridgehead atoms. The summed E-state index contributed by atoms with van der Waals surface area (Å²) in [6.45, 7) is 2.59. The summed E-state index contributed by atoms with van der Waals surface area (Å²) < 4.78 is 11.0. The number of pyridine rings is 1. The Balaban J connectivity index is 2.09.